The van der Waals surface area contributed by atoms with Crippen molar-refractivity contribution in [2.75, 3.05) is 7.05 Å². The number of amides is 1. The van der Waals surface area contributed by atoms with Crippen molar-refractivity contribution in [2.24, 2.45) is 5.73 Å². The predicted molar refractivity (Wildman–Crippen MR) is 40.0 cm³/mol. The van der Waals surface area contributed by atoms with E-state index in [4.69, 9.17) is 5.73 Å². The van der Waals surface area contributed by atoms with Crippen LogP contribution in [0.25, 0.3) is 0 Å². The van der Waals surface area contributed by atoms with E-state index in [2.05, 4.69) is 16.1 Å². The second-order valence-electron chi connectivity index (χ2n) is 2.40. The molecule has 0 aromatic rings. The molecule has 0 aliphatic carbocycles. The third-order valence-corrected chi connectivity index (χ3v) is 2.26. The number of hydrogen-bond donors (Lipinski definition) is 1. The van der Waals surface area contributed by atoms with Crippen LogP contribution in [0.5, 0.6) is 0 Å². The maximum Gasteiger partial charge on any atom is 0.238 e. The Morgan fingerprint density at radius 2 is 2.00 bits per heavy atom. The highest BCUT2D eigenvalue weighted by atomic mass is 79.9. The van der Waals surface area contributed by atoms with E-state index in [1.807, 2.05) is 0 Å². The molecule has 0 unspecified atom stereocenters. The third kappa shape index (κ3) is 1.95. The summed E-state index contributed by atoms with van der Waals surface area (Å²) < 4.78 is 1.60. The van der Waals surface area contributed by atoms with Gasteiger partial charge in [0.1, 0.15) is 5.54 Å². The summed E-state index contributed by atoms with van der Waals surface area (Å²) in [5.41, 5.74) is 4.45. The number of hydrogen-bond acceptors (Lipinski definition) is 2. The quantitative estimate of drug-likeness (QED) is 0.652. The molecule has 9 heavy (non-hydrogen) atoms. The summed E-state index contributed by atoms with van der Waals surface area (Å²) in [6.07, 6.45) is 0. The molecule has 2 N–H and O–H groups in total. The minimum atomic E-state index is -0.611. The molecule has 1 amide bonds. The molecule has 0 spiro atoms. The number of nitrogens with two attached hydrogens (primary N) is 1. The number of rotatable bonds is 2. The van der Waals surface area contributed by atoms with Gasteiger partial charge < -0.3 is 5.73 Å². The first-order chi connectivity index (χ1) is 3.89. The van der Waals surface area contributed by atoms with Gasteiger partial charge >= 0.3 is 0 Å². The summed E-state index contributed by atoms with van der Waals surface area (Å²) in [6, 6.07) is 0. The first kappa shape index (κ1) is 8.91. The fraction of sp³-hybridized carbons (Fsp3) is 0.800. The summed E-state index contributed by atoms with van der Waals surface area (Å²) in [5.74, 6) is -0.345. The van der Waals surface area contributed by atoms with Gasteiger partial charge in [0.2, 0.25) is 5.91 Å². The van der Waals surface area contributed by atoms with Crippen molar-refractivity contribution >= 4 is 22.1 Å². The van der Waals surface area contributed by atoms with Crippen molar-refractivity contribution in [1.82, 2.24) is 3.93 Å². The van der Waals surface area contributed by atoms with Crippen LogP contribution in [-0.2, 0) is 4.79 Å². The first-order valence-electron chi connectivity index (χ1n) is 2.58. The van der Waals surface area contributed by atoms with E-state index >= 15 is 0 Å². The van der Waals surface area contributed by atoms with Gasteiger partial charge in [0.25, 0.3) is 0 Å². The number of carbonyl (C=O) groups is 1. The van der Waals surface area contributed by atoms with Crippen LogP contribution in [0.3, 0.4) is 0 Å². The zero-order valence-corrected chi connectivity index (χ0v) is 7.40. The van der Waals surface area contributed by atoms with E-state index in [0.717, 1.165) is 0 Å². The van der Waals surface area contributed by atoms with Crippen LogP contribution in [0.4, 0.5) is 0 Å². The van der Waals surface area contributed by atoms with Crippen LogP contribution in [0.1, 0.15) is 13.8 Å². The highest BCUT2D eigenvalue weighted by Gasteiger charge is 2.28. The molecule has 0 rings (SSSR count). The van der Waals surface area contributed by atoms with Crippen molar-refractivity contribution in [3.8, 4) is 0 Å². The fourth-order valence-electron chi connectivity index (χ4n) is 0.152. The second kappa shape index (κ2) is 2.66. The average molecular weight is 195 g/mol. The third-order valence-electron chi connectivity index (χ3n) is 1.37. The Morgan fingerprint density at radius 3 is 2.00 bits per heavy atom. The number of primary amides is 1. The van der Waals surface area contributed by atoms with E-state index in [1.54, 1.807) is 24.8 Å². The Hall–Kier alpha value is -0.0900. The second-order valence-corrected chi connectivity index (χ2v) is 3.46. The molecule has 0 saturated carbocycles. The summed E-state index contributed by atoms with van der Waals surface area (Å²) >= 11 is 3.13. The topological polar surface area (TPSA) is 46.3 Å². The molecule has 0 aliphatic heterocycles. The van der Waals surface area contributed by atoms with Crippen molar-refractivity contribution in [1.29, 1.82) is 0 Å². The van der Waals surface area contributed by atoms with Crippen LogP contribution in [0.15, 0.2) is 0 Å². The molecule has 0 fully saturated rings. The molecular weight excluding hydrogens is 184 g/mol. The van der Waals surface area contributed by atoms with Gasteiger partial charge in [-0.2, -0.15) is 0 Å². The number of nitrogens with zero attached hydrogens (tertiary/aromatic N) is 1. The van der Waals surface area contributed by atoms with Crippen LogP contribution >= 0.6 is 16.1 Å². The Morgan fingerprint density at radius 1 is 1.67 bits per heavy atom. The lowest BCUT2D eigenvalue weighted by molar-refractivity contribution is -0.124. The van der Waals surface area contributed by atoms with E-state index in [9.17, 15) is 4.79 Å². The van der Waals surface area contributed by atoms with Crippen molar-refractivity contribution < 1.29 is 4.79 Å². The molecule has 0 saturated heterocycles. The van der Waals surface area contributed by atoms with Crippen LogP contribution in [0.2, 0.25) is 0 Å². The normalized spacial score (nSPS) is 12.1. The SMILES string of the molecule is CN(Br)C(C)(C)C(N)=O. The minimum Gasteiger partial charge on any atom is -0.368 e. The van der Waals surface area contributed by atoms with Crippen molar-refractivity contribution in [3.63, 3.8) is 0 Å². The lowest BCUT2D eigenvalue weighted by Gasteiger charge is -2.26. The van der Waals surface area contributed by atoms with Gasteiger partial charge in [0.15, 0.2) is 0 Å². The lowest BCUT2D eigenvalue weighted by atomic mass is 10.1. The van der Waals surface area contributed by atoms with Gasteiger partial charge in [-0.15, -0.1) is 0 Å². The number of halogens is 1. The summed E-state index contributed by atoms with van der Waals surface area (Å²) in [5, 5.41) is 0. The van der Waals surface area contributed by atoms with E-state index in [0.29, 0.717) is 0 Å². The average Bonchev–Trinajstić information content (AvgIpc) is 1.65. The van der Waals surface area contributed by atoms with Gasteiger partial charge in [-0.1, -0.05) is 0 Å². The molecule has 4 heteroatoms. The van der Waals surface area contributed by atoms with Gasteiger partial charge in [-0.05, 0) is 20.9 Å². The van der Waals surface area contributed by atoms with Crippen molar-refractivity contribution in [3.05, 3.63) is 0 Å². The number of carbonyl (C=O) groups excluding carboxylic acids is 1. The Bertz CT molecular complexity index is 122. The van der Waals surface area contributed by atoms with Gasteiger partial charge in [0.05, 0.1) is 0 Å². The minimum absolute atomic E-state index is 0.345. The van der Waals surface area contributed by atoms with E-state index < -0.39 is 5.54 Å². The molecular formula is C5H11BrN2O. The van der Waals surface area contributed by atoms with Gasteiger partial charge in [0, 0.05) is 16.1 Å². The van der Waals surface area contributed by atoms with E-state index in [-0.39, 0.29) is 5.91 Å². The van der Waals surface area contributed by atoms with Crippen molar-refractivity contribution in [2.45, 2.75) is 19.4 Å². The largest absolute Gasteiger partial charge is 0.368 e. The molecule has 0 heterocycles. The predicted octanol–water partition coefficient (Wildman–Crippen LogP) is 0.492. The number of likely N-dealkylation sites (N-methyl/N-ethyl adjacent to an activating group) is 1. The maximum absolute atomic E-state index is 10.6. The molecule has 54 valence electrons. The Labute approximate surface area is 63.5 Å². The molecule has 0 aromatic carbocycles. The molecule has 0 aromatic heterocycles. The van der Waals surface area contributed by atoms with Gasteiger partial charge in [-0.25, -0.2) is 3.93 Å². The summed E-state index contributed by atoms with van der Waals surface area (Å²) in [6.45, 7) is 3.48. The monoisotopic (exact) mass is 194 g/mol. The Balaban J connectivity index is 4.19. The Kier molecular flexibility index (Phi) is 2.64. The summed E-state index contributed by atoms with van der Waals surface area (Å²) in [7, 11) is 1.74. The van der Waals surface area contributed by atoms with E-state index in [1.165, 1.54) is 0 Å². The fourth-order valence-corrected chi connectivity index (χ4v) is 0.327. The molecule has 0 aliphatic rings. The lowest BCUT2D eigenvalue weighted by Crippen LogP contribution is -2.46. The van der Waals surface area contributed by atoms with Crippen LogP contribution in [-0.4, -0.2) is 22.4 Å². The molecule has 3 nitrogen and oxygen atoms in total. The molecule has 0 atom stereocenters. The summed E-state index contributed by atoms with van der Waals surface area (Å²) in [4.78, 5) is 10.6. The van der Waals surface area contributed by atoms with Crippen LogP contribution < -0.4 is 5.73 Å². The smallest absolute Gasteiger partial charge is 0.238 e. The van der Waals surface area contributed by atoms with Gasteiger partial charge in [-0.3, -0.25) is 4.79 Å². The molecule has 0 bridgehead atoms. The van der Waals surface area contributed by atoms with Crippen LogP contribution in [0, 0.1) is 0 Å². The standard InChI is InChI=1S/C5H11BrN2O/c1-5(2,4(7)9)8(3)6/h1-3H3,(H2,7,9). The molecule has 0 radical (unpaired) electrons. The highest BCUT2D eigenvalue weighted by molar-refractivity contribution is 9.07. The maximum atomic E-state index is 10.6. The highest BCUT2D eigenvalue weighted by Crippen LogP contribution is 2.14. The zero-order chi connectivity index (χ0) is 7.65. The first-order valence-corrected chi connectivity index (χ1v) is 3.29. The zero-order valence-electron chi connectivity index (χ0n) is 5.81.